The van der Waals surface area contributed by atoms with Crippen LogP contribution in [0.1, 0.15) is 52.5 Å². The van der Waals surface area contributed by atoms with Crippen molar-refractivity contribution in [2.75, 3.05) is 5.32 Å². The molecular weight excluding hydrogens is 388 g/mol. The van der Waals surface area contributed by atoms with Crippen LogP contribution in [0.4, 0.5) is 5.69 Å². The maximum atomic E-state index is 12.3. The van der Waals surface area contributed by atoms with Crippen LogP contribution in [0.5, 0.6) is 0 Å². The van der Waals surface area contributed by atoms with Crippen LogP contribution in [0.3, 0.4) is 0 Å². The third-order valence-corrected chi connectivity index (χ3v) is 4.30. The molecule has 0 unspecified atom stereocenters. The third kappa shape index (κ3) is 7.00. The van der Waals surface area contributed by atoms with Gasteiger partial charge in [0.2, 0.25) is 5.91 Å². The summed E-state index contributed by atoms with van der Waals surface area (Å²) < 4.78 is 0. The number of benzene rings is 2. The smallest absolute Gasteiger partial charge is 0.269 e. The van der Waals surface area contributed by atoms with Gasteiger partial charge in [0.1, 0.15) is 0 Å². The minimum atomic E-state index is -0.424. The predicted molar refractivity (Wildman–Crippen MR) is 116 cm³/mol. The van der Waals surface area contributed by atoms with Gasteiger partial charge in [-0.15, -0.1) is 0 Å². The van der Waals surface area contributed by atoms with E-state index in [1.807, 2.05) is 26.0 Å². The molecule has 0 spiro atoms. The summed E-state index contributed by atoms with van der Waals surface area (Å²) in [6, 6.07) is 13.7. The molecule has 3 amide bonds. The van der Waals surface area contributed by atoms with Crippen LogP contribution < -0.4 is 21.5 Å². The molecule has 8 heteroatoms. The van der Waals surface area contributed by atoms with E-state index in [-0.39, 0.29) is 16.9 Å². The van der Waals surface area contributed by atoms with Gasteiger partial charge in [-0.05, 0) is 61.5 Å². The Morgan fingerprint density at radius 2 is 1.62 bits per heavy atom. The second-order valence-electron chi connectivity index (χ2n) is 6.41. The fraction of sp³-hybridized carbons (Fsp3) is 0.238. The molecule has 0 saturated heterocycles. The summed E-state index contributed by atoms with van der Waals surface area (Å²) in [5.74, 6) is -0.842. The lowest BCUT2D eigenvalue weighted by atomic mass is 10.1. The standard InChI is InChI=1S/C21H24N4O3S/c1-3-4-9-18(26)23-21(29)25-24-19(27)15-10-12-16(13-11-15)22-20(28)17-8-6-5-7-14(17)2/h5-8,10-13H,3-4,9H2,1-2H3,(H,22,28)(H,24,27)(H2,23,25,26,29). The number of thiocarbonyl (C=S) groups is 1. The van der Waals surface area contributed by atoms with E-state index >= 15 is 0 Å². The maximum absolute atomic E-state index is 12.3. The first-order valence-electron chi connectivity index (χ1n) is 9.28. The van der Waals surface area contributed by atoms with Gasteiger partial charge in [-0.3, -0.25) is 25.2 Å². The molecule has 2 aromatic rings. The summed E-state index contributed by atoms with van der Waals surface area (Å²) >= 11 is 4.97. The number of hydrogen-bond acceptors (Lipinski definition) is 4. The lowest BCUT2D eigenvalue weighted by Gasteiger charge is -2.11. The number of hydrogen-bond donors (Lipinski definition) is 4. The Morgan fingerprint density at radius 3 is 2.28 bits per heavy atom. The fourth-order valence-corrected chi connectivity index (χ4v) is 2.64. The van der Waals surface area contributed by atoms with E-state index < -0.39 is 5.91 Å². The summed E-state index contributed by atoms with van der Waals surface area (Å²) in [6.45, 7) is 3.86. The average molecular weight is 413 g/mol. The number of anilines is 1. The predicted octanol–water partition coefficient (Wildman–Crippen LogP) is 3.07. The first-order valence-corrected chi connectivity index (χ1v) is 9.68. The van der Waals surface area contributed by atoms with Crippen LogP contribution in [-0.4, -0.2) is 22.8 Å². The van der Waals surface area contributed by atoms with E-state index in [0.29, 0.717) is 23.2 Å². The van der Waals surface area contributed by atoms with E-state index in [1.54, 1.807) is 36.4 Å². The Bertz CT molecular complexity index is 897. The van der Waals surface area contributed by atoms with Gasteiger partial charge in [-0.2, -0.15) is 0 Å². The maximum Gasteiger partial charge on any atom is 0.269 e. The Labute approximate surface area is 175 Å². The van der Waals surface area contributed by atoms with Crippen molar-refractivity contribution in [3.8, 4) is 0 Å². The average Bonchev–Trinajstić information content (AvgIpc) is 2.71. The Morgan fingerprint density at radius 1 is 0.931 bits per heavy atom. The largest absolute Gasteiger partial charge is 0.322 e. The van der Waals surface area contributed by atoms with Crippen molar-refractivity contribution in [2.24, 2.45) is 0 Å². The van der Waals surface area contributed by atoms with Gasteiger partial charge >= 0.3 is 0 Å². The number of unbranched alkanes of at least 4 members (excludes halogenated alkanes) is 1. The minimum Gasteiger partial charge on any atom is -0.322 e. The third-order valence-electron chi connectivity index (χ3n) is 4.09. The van der Waals surface area contributed by atoms with Gasteiger partial charge in [0.25, 0.3) is 11.8 Å². The van der Waals surface area contributed by atoms with Crippen LogP contribution in [0.25, 0.3) is 0 Å². The number of nitrogens with one attached hydrogen (secondary N) is 4. The fourth-order valence-electron chi connectivity index (χ4n) is 2.47. The zero-order valence-corrected chi connectivity index (χ0v) is 17.2. The number of aryl methyl sites for hydroxylation is 1. The zero-order chi connectivity index (χ0) is 21.2. The van der Waals surface area contributed by atoms with Crippen molar-refractivity contribution < 1.29 is 14.4 Å². The zero-order valence-electron chi connectivity index (χ0n) is 16.4. The second kappa shape index (κ2) is 10.9. The molecule has 0 bridgehead atoms. The molecule has 0 aliphatic rings. The number of carbonyl (C=O) groups excluding carboxylic acids is 3. The van der Waals surface area contributed by atoms with Gasteiger partial charge in [0, 0.05) is 23.2 Å². The van der Waals surface area contributed by atoms with Crippen molar-refractivity contribution in [1.29, 1.82) is 0 Å². The first kappa shape index (κ1) is 22.0. The van der Waals surface area contributed by atoms with Crippen LogP contribution in [-0.2, 0) is 4.79 Å². The normalized spacial score (nSPS) is 10.0. The monoisotopic (exact) mass is 412 g/mol. The Kier molecular flexibility index (Phi) is 8.29. The molecule has 0 fully saturated rings. The van der Waals surface area contributed by atoms with E-state index in [9.17, 15) is 14.4 Å². The van der Waals surface area contributed by atoms with E-state index in [2.05, 4.69) is 21.5 Å². The molecule has 0 saturated carbocycles. The van der Waals surface area contributed by atoms with Gasteiger partial charge in [0.15, 0.2) is 5.11 Å². The van der Waals surface area contributed by atoms with Crippen molar-refractivity contribution >= 4 is 40.7 Å². The Balaban J connectivity index is 1.85. The highest BCUT2D eigenvalue weighted by Crippen LogP contribution is 2.13. The number of carbonyl (C=O) groups is 3. The van der Waals surface area contributed by atoms with Crippen LogP contribution in [0, 0.1) is 6.92 Å². The SMILES string of the molecule is CCCCC(=O)NC(=S)NNC(=O)c1ccc(NC(=O)c2ccccc2C)cc1. The highest BCUT2D eigenvalue weighted by atomic mass is 32.1. The minimum absolute atomic E-state index is 0.0292. The Hall–Kier alpha value is -3.26. The van der Waals surface area contributed by atoms with E-state index in [0.717, 1.165) is 18.4 Å². The summed E-state index contributed by atoms with van der Waals surface area (Å²) in [5, 5.41) is 5.32. The van der Waals surface area contributed by atoms with Gasteiger partial charge in [0.05, 0.1) is 0 Å². The summed E-state index contributed by atoms with van der Waals surface area (Å²) in [4.78, 5) is 36.1. The quantitative estimate of drug-likeness (QED) is 0.432. The summed E-state index contributed by atoms with van der Waals surface area (Å²) in [6.07, 6.45) is 2.06. The van der Waals surface area contributed by atoms with Crippen LogP contribution in [0.2, 0.25) is 0 Å². The molecule has 0 heterocycles. The molecule has 0 aromatic heterocycles. The highest BCUT2D eigenvalue weighted by Gasteiger charge is 2.10. The van der Waals surface area contributed by atoms with E-state index in [4.69, 9.17) is 12.2 Å². The topological polar surface area (TPSA) is 99.3 Å². The van der Waals surface area contributed by atoms with Gasteiger partial charge in [-0.25, -0.2) is 0 Å². The molecule has 152 valence electrons. The molecule has 0 radical (unpaired) electrons. The molecule has 2 rings (SSSR count). The molecular formula is C21H24N4O3S. The number of hydrazine groups is 1. The molecule has 29 heavy (non-hydrogen) atoms. The van der Waals surface area contributed by atoms with Crippen molar-refractivity contribution in [3.05, 3.63) is 65.2 Å². The van der Waals surface area contributed by atoms with Gasteiger partial charge < -0.3 is 10.6 Å². The summed E-state index contributed by atoms with van der Waals surface area (Å²) in [7, 11) is 0. The van der Waals surface area contributed by atoms with Crippen molar-refractivity contribution in [2.45, 2.75) is 33.1 Å². The van der Waals surface area contributed by atoms with Crippen molar-refractivity contribution in [1.82, 2.24) is 16.2 Å². The number of rotatable bonds is 6. The van der Waals surface area contributed by atoms with Gasteiger partial charge in [-0.1, -0.05) is 31.5 Å². The second-order valence-corrected chi connectivity index (χ2v) is 6.81. The highest BCUT2D eigenvalue weighted by molar-refractivity contribution is 7.80. The molecule has 0 aliphatic heterocycles. The lowest BCUT2D eigenvalue weighted by molar-refractivity contribution is -0.119. The molecule has 7 nitrogen and oxygen atoms in total. The van der Waals surface area contributed by atoms with Crippen LogP contribution >= 0.6 is 12.2 Å². The summed E-state index contributed by atoms with van der Waals surface area (Å²) in [5.41, 5.74) is 7.32. The molecule has 2 aromatic carbocycles. The van der Waals surface area contributed by atoms with Crippen molar-refractivity contribution in [3.63, 3.8) is 0 Å². The first-order chi connectivity index (χ1) is 13.9. The van der Waals surface area contributed by atoms with Crippen LogP contribution in [0.15, 0.2) is 48.5 Å². The number of amides is 3. The lowest BCUT2D eigenvalue weighted by Crippen LogP contribution is -2.48. The molecule has 4 N–H and O–H groups in total. The van der Waals surface area contributed by atoms with E-state index in [1.165, 1.54) is 0 Å². The molecule has 0 atom stereocenters. The molecule has 0 aliphatic carbocycles.